The molecule has 1 amide bonds. The molecule has 4 aromatic rings. The van der Waals surface area contributed by atoms with E-state index >= 15 is 0 Å². The molecule has 3 aliphatic carbocycles. The van der Waals surface area contributed by atoms with Gasteiger partial charge in [0.05, 0.1) is 16.8 Å². The smallest absolute Gasteiger partial charge is 0.389 e. The molecule has 3 fully saturated rings. The molecule has 6 nitrogen and oxygen atoms in total. The van der Waals surface area contributed by atoms with Crippen LogP contribution in [0.1, 0.15) is 53.5 Å². The number of rotatable bonds is 8. The molecule has 2 bridgehead atoms. The Morgan fingerprint density at radius 1 is 1.10 bits per heavy atom. The minimum absolute atomic E-state index is 0.0251. The lowest BCUT2D eigenvalue weighted by atomic mass is 9.50. The number of hydrogen-bond donors (Lipinski definition) is 3. The van der Waals surface area contributed by atoms with E-state index in [-0.39, 0.29) is 45.0 Å². The van der Waals surface area contributed by atoms with Crippen molar-refractivity contribution in [3.05, 3.63) is 77.0 Å². The number of furan rings is 1. The van der Waals surface area contributed by atoms with Gasteiger partial charge >= 0.3 is 6.18 Å². The number of carbonyl (C=O) groups is 1. The van der Waals surface area contributed by atoms with Gasteiger partial charge in [0.25, 0.3) is 5.91 Å². The number of hydrogen-bond acceptors (Lipinski definition) is 5. The molecule has 41 heavy (non-hydrogen) atoms. The Labute approximate surface area is 231 Å². The van der Waals surface area contributed by atoms with Crippen LogP contribution in [-0.4, -0.2) is 34.8 Å². The molecule has 0 radical (unpaired) electrons. The van der Waals surface area contributed by atoms with Crippen LogP contribution in [0, 0.1) is 17.6 Å². The monoisotopic (exact) mass is 571 g/mol. The number of pyridine rings is 1. The van der Waals surface area contributed by atoms with E-state index in [1.165, 1.54) is 49.5 Å². The van der Waals surface area contributed by atoms with Crippen LogP contribution in [0.2, 0.25) is 0 Å². The maximum Gasteiger partial charge on any atom is 0.389 e. The molecule has 2 heterocycles. The van der Waals surface area contributed by atoms with E-state index in [0.717, 1.165) is 25.3 Å². The Balaban J connectivity index is 1.49. The van der Waals surface area contributed by atoms with Crippen LogP contribution in [0.3, 0.4) is 0 Å². The second-order valence-electron chi connectivity index (χ2n) is 10.9. The van der Waals surface area contributed by atoms with Crippen LogP contribution in [0.15, 0.2) is 52.9 Å². The number of nitrogens with one attached hydrogen (secondary N) is 2. The minimum atomic E-state index is -4.47. The summed E-state index contributed by atoms with van der Waals surface area (Å²) < 4.78 is 74.1. The molecular weight excluding hydrogens is 545 g/mol. The topological polar surface area (TPSA) is 87.4 Å². The number of carbonyl (C=O) groups excluding carboxylic acids is 1. The molecule has 3 N–H and O–H groups in total. The zero-order valence-electron chi connectivity index (χ0n) is 21.9. The molecule has 214 valence electrons. The Kier molecular flexibility index (Phi) is 6.61. The van der Waals surface area contributed by atoms with Gasteiger partial charge in [-0.15, -0.1) is 0 Å². The van der Waals surface area contributed by atoms with Crippen molar-refractivity contribution in [1.29, 1.82) is 0 Å². The minimum Gasteiger partial charge on any atom is -0.437 e. The summed E-state index contributed by atoms with van der Waals surface area (Å²) in [5.41, 5.74) is 0.663. The average Bonchev–Trinajstić information content (AvgIpc) is 3.26. The van der Waals surface area contributed by atoms with E-state index in [1.54, 1.807) is 0 Å². The Morgan fingerprint density at radius 3 is 2.39 bits per heavy atom. The van der Waals surface area contributed by atoms with Gasteiger partial charge in [0.2, 0.25) is 5.71 Å². The maximum atomic E-state index is 14.8. The van der Waals surface area contributed by atoms with Gasteiger partial charge in [0, 0.05) is 28.5 Å². The standard InChI is InChI=1S/C30H26F5N3O3/c1-36-27(40)24-21-11-19(17-4-7-22(32)20(10-17)26(39)38-29-12-15(13-29)14-29)23(8-9-30(33,34)35)37-28(21)41-25(24)16-2-5-18(31)6-3-16/h2-7,10-11,15,27,36,40H,8-9,12-14H2,1H3,(H,38,39). The molecule has 7 rings (SSSR count). The van der Waals surface area contributed by atoms with E-state index in [9.17, 15) is 31.9 Å². The molecule has 2 aromatic heterocycles. The summed E-state index contributed by atoms with van der Waals surface area (Å²) in [5.74, 6) is -1.07. The molecule has 3 aliphatic rings. The van der Waals surface area contributed by atoms with Gasteiger partial charge < -0.3 is 14.8 Å². The van der Waals surface area contributed by atoms with Gasteiger partial charge in [0.1, 0.15) is 23.6 Å². The third-order valence-corrected chi connectivity index (χ3v) is 8.04. The van der Waals surface area contributed by atoms with Crippen molar-refractivity contribution in [1.82, 2.24) is 15.6 Å². The van der Waals surface area contributed by atoms with Crippen LogP contribution >= 0.6 is 0 Å². The maximum absolute atomic E-state index is 14.8. The summed E-state index contributed by atoms with van der Waals surface area (Å²) >= 11 is 0. The Hall–Kier alpha value is -3.83. The molecular formula is C30H26F5N3O3. The highest BCUT2D eigenvalue weighted by Gasteiger charge is 2.57. The first kappa shape index (κ1) is 27.3. The number of amides is 1. The van der Waals surface area contributed by atoms with Gasteiger partial charge in [0.15, 0.2) is 0 Å². The van der Waals surface area contributed by atoms with Gasteiger partial charge in [-0.25, -0.2) is 13.8 Å². The van der Waals surface area contributed by atoms with E-state index in [1.807, 2.05) is 0 Å². The normalized spacial score (nSPS) is 20.4. The van der Waals surface area contributed by atoms with Gasteiger partial charge in [-0.3, -0.25) is 10.1 Å². The first-order chi connectivity index (χ1) is 19.4. The number of benzene rings is 2. The van der Waals surface area contributed by atoms with Crippen molar-refractivity contribution in [2.75, 3.05) is 7.05 Å². The zero-order chi connectivity index (χ0) is 29.1. The molecule has 3 saturated carbocycles. The largest absolute Gasteiger partial charge is 0.437 e. The predicted octanol–water partition coefficient (Wildman–Crippen LogP) is 6.43. The lowest BCUT2D eigenvalue weighted by Crippen LogP contribution is -2.68. The number of alkyl halides is 3. The first-order valence-electron chi connectivity index (χ1n) is 13.2. The second kappa shape index (κ2) is 9.92. The van der Waals surface area contributed by atoms with Crippen LogP contribution < -0.4 is 10.6 Å². The Morgan fingerprint density at radius 2 is 1.78 bits per heavy atom. The summed E-state index contributed by atoms with van der Waals surface area (Å²) in [5, 5.41) is 16.7. The lowest BCUT2D eigenvalue weighted by Gasteiger charge is -2.61. The van der Waals surface area contributed by atoms with Crippen molar-refractivity contribution in [3.63, 3.8) is 0 Å². The van der Waals surface area contributed by atoms with Crippen LogP contribution in [-0.2, 0) is 6.42 Å². The van der Waals surface area contributed by atoms with Crippen LogP contribution in [0.25, 0.3) is 33.6 Å². The number of aliphatic hydroxyl groups excluding tert-OH is 1. The van der Waals surface area contributed by atoms with Crippen molar-refractivity contribution >= 4 is 17.0 Å². The summed E-state index contributed by atoms with van der Waals surface area (Å²) in [4.78, 5) is 17.4. The van der Waals surface area contributed by atoms with Crippen molar-refractivity contribution in [2.24, 2.45) is 5.92 Å². The van der Waals surface area contributed by atoms with Crippen LogP contribution in [0.4, 0.5) is 22.0 Å². The molecule has 0 aliphatic heterocycles. The highest BCUT2D eigenvalue weighted by molar-refractivity contribution is 5.97. The zero-order valence-corrected chi connectivity index (χ0v) is 21.9. The number of halogens is 5. The third kappa shape index (κ3) is 5.08. The highest BCUT2D eigenvalue weighted by Crippen LogP contribution is 2.57. The van der Waals surface area contributed by atoms with Gasteiger partial charge in [-0.1, -0.05) is 6.07 Å². The van der Waals surface area contributed by atoms with E-state index in [4.69, 9.17) is 4.42 Å². The first-order valence-corrected chi connectivity index (χ1v) is 13.2. The summed E-state index contributed by atoms with van der Waals surface area (Å²) in [6.07, 6.45) is -4.85. The van der Waals surface area contributed by atoms with Crippen molar-refractivity contribution < 1.29 is 36.3 Å². The lowest BCUT2D eigenvalue weighted by molar-refractivity contribution is -0.134. The number of aliphatic hydroxyl groups is 1. The molecule has 0 saturated heterocycles. The fourth-order valence-corrected chi connectivity index (χ4v) is 5.82. The van der Waals surface area contributed by atoms with E-state index < -0.39 is 42.8 Å². The van der Waals surface area contributed by atoms with E-state index in [0.29, 0.717) is 16.9 Å². The third-order valence-electron chi connectivity index (χ3n) is 8.04. The molecule has 2 aromatic carbocycles. The van der Waals surface area contributed by atoms with Gasteiger partial charge in [-0.2, -0.15) is 13.2 Å². The van der Waals surface area contributed by atoms with E-state index in [2.05, 4.69) is 15.6 Å². The molecule has 11 heteroatoms. The summed E-state index contributed by atoms with van der Waals surface area (Å²) in [6, 6.07) is 10.6. The van der Waals surface area contributed by atoms with Gasteiger partial charge in [-0.05, 0) is 86.7 Å². The quantitative estimate of drug-likeness (QED) is 0.168. The average molecular weight is 572 g/mol. The SMILES string of the molecule is CNC(O)c1c(-c2ccc(F)cc2)oc2nc(CCC(F)(F)F)c(-c3ccc(F)c(C(=O)NC45CC(C4)C5)c3)cc12. The number of nitrogens with zero attached hydrogens (tertiary/aromatic N) is 1. The van der Waals surface area contributed by atoms with Crippen molar-refractivity contribution in [3.8, 4) is 22.5 Å². The number of fused-ring (bicyclic) bond motifs is 1. The number of aromatic nitrogens is 1. The predicted molar refractivity (Wildman–Crippen MR) is 141 cm³/mol. The van der Waals surface area contributed by atoms with Crippen molar-refractivity contribution in [2.45, 2.75) is 50.0 Å². The highest BCUT2D eigenvalue weighted by atomic mass is 19.4. The summed E-state index contributed by atoms with van der Waals surface area (Å²) in [7, 11) is 1.50. The molecule has 1 atom stereocenters. The fraction of sp³-hybridized carbons (Fsp3) is 0.333. The fourth-order valence-electron chi connectivity index (χ4n) is 5.82. The molecule has 0 spiro atoms. The molecule has 1 unspecified atom stereocenters. The van der Waals surface area contributed by atoms with Crippen LogP contribution in [0.5, 0.6) is 0 Å². The Bertz CT molecular complexity index is 1630. The second-order valence-corrected chi connectivity index (χ2v) is 10.9. The number of aryl methyl sites for hydroxylation is 1. The summed E-state index contributed by atoms with van der Waals surface area (Å²) in [6.45, 7) is 0.